The van der Waals surface area contributed by atoms with E-state index in [0.29, 0.717) is 11.1 Å². The molecule has 1 unspecified atom stereocenters. The lowest BCUT2D eigenvalue weighted by Gasteiger charge is -2.19. The molecular formula is C23H20N4O2. The van der Waals surface area contributed by atoms with Gasteiger partial charge in [-0.15, -0.1) is 0 Å². The van der Waals surface area contributed by atoms with Gasteiger partial charge < -0.3 is 15.6 Å². The maximum atomic E-state index is 13.1. The van der Waals surface area contributed by atoms with Crippen molar-refractivity contribution in [2.75, 3.05) is 11.9 Å². The van der Waals surface area contributed by atoms with E-state index in [4.69, 9.17) is 0 Å². The normalized spacial score (nSPS) is 11.7. The summed E-state index contributed by atoms with van der Waals surface area (Å²) >= 11 is 0. The van der Waals surface area contributed by atoms with Gasteiger partial charge in [0.15, 0.2) is 5.78 Å². The van der Waals surface area contributed by atoms with Gasteiger partial charge in [-0.2, -0.15) is 0 Å². The van der Waals surface area contributed by atoms with Crippen molar-refractivity contribution in [1.82, 2.24) is 15.3 Å². The summed E-state index contributed by atoms with van der Waals surface area (Å²) in [5.74, 6) is -0.448. The summed E-state index contributed by atoms with van der Waals surface area (Å²) in [6, 6.07) is 22.8. The lowest BCUT2D eigenvalue weighted by molar-refractivity contribution is 0.0863. The van der Waals surface area contributed by atoms with Crippen molar-refractivity contribution in [2.45, 2.75) is 6.04 Å². The van der Waals surface area contributed by atoms with Gasteiger partial charge in [0, 0.05) is 17.7 Å². The minimum Gasteiger partial charge on any atom is -0.381 e. The number of amides is 1. The van der Waals surface area contributed by atoms with Gasteiger partial charge in [-0.25, -0.2) is 4.98 Å². The highest BCUT2D eigenvalue weighted by atomic mass is 16.2. The van der Waals surface area contributed by atoms with Crippen molar-refractivity contribution in [3.05, 3.63) is 96.3 Å². The number of aromatic nitrogens is 2. The van der Waals surface area contributed by atoms with Gasteiger partial charge in [0.05, 0.1) is 17.5 Å². The van der Waals surface area contributed by atoms with Crippen molar-refractivity contribution in [3.8, 4) is 0 Å². The third-order valence-corrected chi connectivity index (χ3v) is 4.66. The van der Waals surface area contributed by atoms with E-state index in [0.717, 1.165) is 16.7 Å². The number of aromatic amines is 1. The molecule has 0 bridgehead atoms. The van der Waals surface area contributed by atoms with Crippen LogP contribution in [-0.2, 0) is 0 Å². The summed E-state index contributed by atoms with van der Waals surface area (Å²) in [6.45, 7) is 0.234. The zero-order chi connectivity index (χ0) is 20.1. The number of nitrogens with zero attached hydrogens (tertiary/aromatic N) is 1. The Hall–Kier alpha value is -3.93. The van der Waals surface area contributed by atoms with Crippen LogP contribution in [0, 0.1) is 0 Å². The van der Waals surface area contributed by atoms with E-state index < -0.39 is 6.04 Å². The van der Waals surface area contributed by atoms with Crippen LogP contribution in [0.1, 0.15) is 20.7 Å². The third kappa shape index (κ3) is 4.16. The molecule has 144 valence electrons. The molecule has 4 aromatic rings. The summed E-state index contributed by atoms with van der Waals surface area (Å²) in [7, 11) is 0. The number of imidazole rings is 1. The Morgan fingerprint density at radius 3 is 2.28 bits per heavy atom. The molecule has 0 fully saturated rings. The first-order chi connectivity index (χ1) is 14.2. The first-order valence-electron chi connectivity index (χ1n) is 9.33. The SMILES string of the molecule is O=C(NC(CNc1cccc2[nH]cnc12)C(=O)c1ccccc1)c1ccccc1. The molecule has 1 heterocycles. The van der Waals surface area contributed by atoms with Crippen molar-refractivity contribution in [2.24, 2.45) is 0 Å². The topological polar surface area (TPSA) is 86.9 Å². The number of fused-ring (bicyclic) bond motifs is 1. The molecule has 3 aromatic carbocycles. The monoisotopic (exact) mass is 384 g/mol. The van der Waals surface area contributed by atoms with E-state index in [1.807, 2.05) is 30.3 Å². The number of H-pyrrole nitrogens is 1. The molecule has 0 aliphatic rings. The molecule has 1 aromatic heterocycles. The fourth-order valence-corrected chi connectivity index (χ4v) is 3.16. The molecule has 4 rings (SSSR count). The number of para-hydroxylation sites is 1. The summed E-state index contributed by atoms with van der Waals surface area (Å²) in [4.78, 5) is 33.1. The van der Waals surface area contributed by atoms with Crippen molar-refractivity contribution in [1.29, 1.82) is 0 Å². The van der Waals surface area contributed by atoms with E-state index in [-0.39, 0.29) is 18.2 Å². The van der Waals surface area contributed by atoms with Crippen LogP contribution in [0.25, 0.3) is 11.0 Å². The number of Topliss-reactive ketones (excluding diaryl/α,β-unsaturated/α-hetero) is 1. The highest BCUT2D eigenvalue weighted by molar-refractivity contribution is 6.04. The largest absolute Gasteiger partial charge is 0.381 e. The van der Waals surface area contributed by atoms with Crippen molar-refractivity contribution < 1.29 is 9.59 Å². The van der Waals surface area contributed by atoms with E-state index in [1.54, 1.807) is 54.9 Å². The first kappa shape index (κ1) is 18.4. The van der Waals surface area contributed by atoms with Crippen LogP contribution < -0.4 is 10.6 Å². The Morgan fingerprint density at radius 1 is 0.862 bits per heavy atom. The molecule has 0 spiro atoms. The van der Waals surface area contributed by atoms with Crippen LogP contribution in [0.3, 0.4) is 0 Å². The highest BCUT2D eigenvalue weighted by Crippen LogP contribution is 2.19. The third-order valence-electron chi connectivity index (χ3n) is 4.66. The number of hydrogen-bond acceptors (Lipinski definition) is 4. The van der Waals surface area contributed by atoms with E-state index in [2.05, 4.69) is 20.6 Å². The number of carbonyl (C=O) groups is 2. The molecule has 1 amide bonds. The predicted octanol–water partition coefficient (Wildman–Crippen LogP) is 3.66. The Bertz CT molecular complexity index is 1120. The van der Waals surface area contributed by atoms with Gasteiger partial charge in [-0.1, -0.05) is 54.6 Å². The van der Waals surface area contributed by atoms with Crippen LogP contribution in [0.2, 0.25) is 0 Å². The Kier molecular flexibility index (Phi) is 5.33. The predicted molar refractivity (Wildman–Crippen MR) is 113 cm³/mol. The molecular weight excluding hydrogens is 364 g/mol. The van der Waals surface area contributed by atoms with E-state index >= 15 is 0 Å². The van der Waals surface area contributed by atoms with Crippen LogP contribution >= 0.6 is 0 Å². The number of rotatable bonds is 7. The number of carbonyl (C=O) groups excluding carboxylic acids is 2. The fraction of sp³-hybridized carbons (Fsp3) is 0.0870. The second-order valence-electron chi connectivity index (χ2n) is 6.61. The molecule has 6 heteroatoms. The Morgan fingerprint density at radius 2 is 1.55 bits per heavy atom. The number of hydrogen-bond donors (Lipinski definition) is 3. The lowest BCUT2D eigenvalue weighted by Crippen LogP contribution is -2.45. The molecule has 0 saturated carbocycles. The minimum atomic E-state index is -0.737. The van der Waals surface area contributed by atoms with Crippen LogP contribution in [0.15, 0.2) is 85.2 Å². The first-order valence-corrected chi connectivity index (χ1v) is 9.33. The van der Waals surface area contributed by atoms with Crippen molar-refractivity contribution >= 4 is 28.4 Å². The van der Waals surface area contributed by atoms with Gasteiger partial charge in [-0.05, 0) is 24.3 Å². The average molecular weight is 384 g/mol. The Balaban J connectivity index is 1.56. The molecule has 3 N–H and O–H groups in total. The summed E-state index contributed by atoms with van der Waals surface area (Å²) < 4.78 is 0. The highest BCUT2D eigenvalue weighted by Gasteiger charge is 2.23. The van der Waals surface area contributed by atoms with Crippen LogP contribution in [0.4, 0.5) is 5.69 Å². The zero-order valence-electron chi connectivity index (χ0n) is 15.6. The maximum Gasteiger partial charge on any atom is 0.251 e. The van der Waals surface area contributed by atoms with Gasteiger partial charge in [0.25, 0.3) is 5.91 Å². The second-order valence-corrected chi connectivity index (χ2v) is 6.61. The number of ketones is 1. The number of anilines is 1. The lowest BCUT2D eigenvalue weighted by atomic mass is 10.0. The number of nitrogens with one attached hydrogen (secondary N) is 3. The van der Waals surface area contributed by atoms with E-state index in [9.17, 15) is 9.59 Å². The molecule has 6 nitrogen and oxygen atoms in total. The average Bonchev–Trinajstić information content (AvgIpc) is 3.27. The van der Waals surface area contributed by atoms with Crippen LogP contribution in [-0.4, -0.2) is 34.2 Å². The van der Waals surface area contributed by atoms with Gasteiger partial charge in [0.1, 0.15) is 11.6 Å². The summed E-state index contributed by atoms with van der Waals surface area (Å²) in [5, 5.41) is 6.13. The zero-order valence-corrected chi connectivity index (χ0v) is 15.6. The van der Waals surface area contributed by atoms with Gasteiger partial charge in [0.2, 0.25) is 0 Å². The number of benzene rings is 3. The summed E-state index contributed by atoms with van der Waals surface area (Å²) in [6.07, 6.45) is 1.62. The minimum absolute atomic E-state index is 0.156. The second kappa shape index (κ2) is 8.39. The van der Waals surface area contributed by atoms with Crippen LogP contribution in [0.5, 0.6) is 0 Å². The van der Waals surface area contributed by atoms with Crippen molar-refractivity contribution in [3.63, 3.8) is 0 Å². The summed E-state index contributed by atoms with van der Waals surface area (Å²) in [5.41, 5.74) is 3.53. The van der Waals surface area contributed by atoms with Gasteiger partial charge in [-0.3, -0.25) is 9.59 Å². The Labute approximate surface area is 168 Å². The molecule has 1 atom stereocenters. The maximum absolute atomic E-state index is 13.1. The smallest absolute Gasteiger partial charge is 0.251 e. The fourth-order valence-electron chi connectivity index (χ4n) is 3.16. The molecule has 29 heavy (non-hydrogen) atoms. The van der Waals surface area contributed by atoms with E-state index in [1.165, 1.54) is 0 Å². The van der Waals surface area contributed by atoms with Gasteiger partial charge >= 0.3 is 0 Å². The molecule has 0 saturated heterocycles. The molecule has 0 aliphatic heterocycles. The standard InChI is InChI=1S/C23H20N4O2/c28-22(16-8-3-1-4-9-16)20(27-23(29)17-10-5-2-6-11-17)14-24-18-12-7-13-19-21(18)26-15-25-19/h1-13,15,20,24H,14H2,(H,25,26)(H,27,29). The molecule has 0 radical (unpaired) electrons. The quantitative estimate of drug-likeness (QED) is 0.425. The molecule has 0 aliphatic carbocycles.